The van der Waals surface area contributed by atoms with Crippen LogP contribution in [0.15, 0.2) is 59.4 Å². The van der Waals surface area contributed by atoms with Crippen molar-refractivity contribution < 1.29 is 14.2 Å². The number of ether oxygens (including phenoxy) is 3. The van der Waals surface area contributed by atoms with Gasteiger partial charge in [0.15, 0.2) is 16.5 Å². The normalized spacial score (nSPS) is 11.9. The molecule has 0 bridgehead atoms. The monoisotopic (exact) mass is 526 g/mol. The molecule has 0 saturated heterocycles. The minimum Gasteiger partial charge on any atom is -0.493 e. The van der Waals surface area contributed by atoms with Crippen molar-refractivity contribution in [1.29, 1.82) is 0 Å². The van der Waals surface area contributed by atoms with E-state index in [0.717, 1.165) is 22.2 Å². The van der Waals surface area contributed by atoms with Crippen LogP contribution in [0.4, 0.5) is 0 Å². The van der Waals surface area contributed by atoms with Gasteiger partial charge in [-0.05, 0) is 66.6 Å². The number of rotatable bonds is 7. The molecule has 35 heavy (non-hydrogen) atoms. The van der Waals surface area contributed by atoms with Gasteiger partial charge in [0, 0.05) is 5.02 Å². The SMILES string of the molecule is COc1cc(C=c2sc3nc4ccccc4n3c2=O)cc(Cl)c1OCCOc1ccc(Cl)c(C)c1. The third-order valence-electron chi connectivity index (χ3n) is 5.42. The first kappa shape index (κ1) is 23.5. The second kappa shape index (κ2) is 9.77. The van der Waals surface area contributed by atoms with E-state index in [-0.39, 0.29) is 12.2 Å². The number of para-hydroxylation sites is 2. The lowest BCUT2D eigenvalue weighted by atomic mass is 10.2. The highest BCUT2D eigenvalue weighted by molar-refractivity contribution is 7.15. The number of hydrogen-bond donors (Lipinski definition) is 0. The predicted octanol–water partition coefficient (Wildman–Crippen LogP) is 5.54. The topological polar surface area (TPSA) is 62.1 Å². The molecule has 6 nitrogen and oxygen atoms in total. The summed E-state index contributed by atoms with van der Waals surface area (Å²) in [5, 5.41) is 1.06. The third-order valence-corrected chi connectivity index (χ3v) is 7.10. The molecule has 0 aliphatic heterocycles. The van der Waals surface area contributed by atoms with Gasteiger partial charge in [-0.1, -0.05) is 46.7 Å². The van der Waals surface area contributed by atoms with Crippen LogP contribution in [0.2, 0.25) is 10.0 Å². The van der Waals surface area contributed by atoms with Gasteiger partial charge >= 0.3 is 0 Å². The van der Waals surface area contributed by atoms with Crippen molar-refractivity contribution in [3.05, 3.63) is 90.7 Å². The number of hydrogen-bond acceptors (Lipinski definition) is 6. The highest BCUT2D eigenvalue weighted by Gasteiger charge is 2.14. The molecule has 0 spiro atoms. The van der Waals surface area contributed by atoms with Crippen LogP contribution in [-0.4, -0.2) is 29.7 Å². The van der Waals surface area contributed by atoms with E-state index in [1.54, 1.807) is 35.8 Å². The van der Waals surface area contributed by atoms with E-state index in [4.69, 9.17) is 37.4 Å². The number of benzene rings is 3. The number of aromatic nitrogens is 2. The van der Waals surface area contributed by atoms with Crippen molar-refractivity contribution in [1.82, 2.24) is 9.38 Å². The van der Waals surface area contributed by atoms with E-state index in [1.165, 1.54) is 11.3 Å². The van der Waals surface area contributed by atoms with Crippen LogP contribution in [0.3, 0.4) is 0 Å². The summed E-state index contributed by atoms with van der Waals surface area (Å²) in [6.07, 6.45) is 1.78. The molecule has 0 radical (unpaired) electrons. The van der Waals surface area contributed by atoms with Crippen LogP contribution in [0, 0.1) is 6.92 Å². The maximum Gasteiger partial charge on any atom is 0.274 e. The smallest absolute Gasteiger partial charge is 0.274 e. The molecule has 0 fully saturated rings. The Bertz CT molecular complexity index is 1660. The van der Waals surface area contributed by atoms with Gasteiger partial charge in [-0.25, -0.2) is 9.38 Å². The molecule has 0 aliphatic carbocycles. The minimum atomic E-state index is -0.122. The van der Waals surface area contributed by atoms with Crippen molar-refractivity contribution in [3.63, 3.8) is 0 Å². The number of aryl methyl sites for hydroxylation is 1. The summed E-state index contributed by atoms with van der Waals surface area (Å²) in [5.74, 6) is 1.59. The van der Waals surface area contributed by atoms with E-state index >= 15 is 0 Å². The molecule has 0 aliphatic rings. The van der Waals surface area contributed by atoms with Gasteiger partial charge in [0.2, 0.25) is 0 Å². The van der Waals surface area contributed by atoms with E-state index in [9.17, 15) is 4.79 Å². The lowest BCUT2D eigenvalue weighted by Crippen LogP contribution is -2.22. The van der Waals surface area contributed by atoms with Gasteiger partial charge < -0.3 is 14.2 Å². The van der Waals surface area contributed by atoms with E-state index in [2.05, 4.69) is 4.98 Å². The van der Waals surface area contributed by atoms with Crippen LogP contribution in [0.5, 0.6) is 17.2 Å². The summed E-state index contributed by atoms with van der Waals surface area (Å²) < 4.78 is 19.3. The zero-order chi connectivity index (χ0) is 24.5. The summed E-state index contributed by atoms with van der Waals surface area (Å²) in [6.45, 7) is 2.50. The van der Waals surface area contributed by atoms with Crippen LogP contribution in [-0.2, 0) is 0 Å². The summed E-state index contributed by atoms with van der Waals surface area (Å²) in [7, 11) is 1.54. The Morgan fingerprint density at radius 2 is 1.83 bits per heavy atom. The number of methoxy groups -OCH3 is 1. The van der Waals surface area contributed by atoms with Crippen LogP contribution >= 0.6 is 34.5 Å². The quantitative estimate of drug-likeness (QED) is 0.260. The van der Waals surface area contributed by atoms with Crippen molar-refractivity contribution in [3.8, 4) is 17.2 Å². The Balaban J connectivity index is 1.37. The summed E-state index contributed by atoms with van der Waals surface area (Å²) >= 11 is 13.9. The lowest BCUT2D eigenvalue weighted by molar-refractivity contribution is 0.211. The molecule has 178 valence electrons. The number of nitrogens with zero attached hydrogens (tertiary/aromatic N) is 2. The maximum atomic E-state index is 13.0. The van der Waals surface area contributed by atoms with E-state index < -0.39 is 0 Å². The molecule has 0 unspecified atom stereocenters. The first-order chi connectivity index (χ1) is 16.9. The molecule has 2 aromatic heterocycles. The van der Waals surface area contributed by atoms with Gasteiger partial charge in [0.05, 0.1) is 27.7 Å². The molecule has 5 rings (SSSR count). The summed E-state index contributed by atoms with van der Waals surface area (Å²) in [6, 6.07) is 16.6. The molecule has 0 saturated carbocycles. The number of halogens is 2. The van der Waals surface area contributed by atoms with Gasteiger partial charge in [0.1, 0.15) is 19.0 Å². The zero-order valence-electron chi connectivity index (χ0n) is 18.9. The highest BCUT2D eigenvalue weighted by atomic mass is 35.5. The van der Waals surface area contributed by atoms with Gasteiger partial charge in [-0.15, -0.1) is 0 Å². The number of imidazole rings is 1. The minimum absolute atomic E-state index is 0.122. The first-order valence-corrected chi connectivity index (χ1v) is 12.3. The fourth-order valence-corrected chi connectivity index (χ4v) is 5.11. The van der Waals surface area contributed by atoms with Crippen LogP contribution < -0.4 is 24.3 Å². The molecule has 2 heterocycles. The van der Waals surface area contributed by atoms with Gasteiger partial charge in [-0.2, -0.15) is 0 Å². The molecule has 0 amide bonds. The average molecular weight is 527 g/mol. The zero-order valence-corrected chi connectivity index (χ0v) is 21.2. The van der Waals surface area contributed by atoms with Crippen molar-refractivity contribution in [2.75, 3.05) is 20.3 Å². The van der Waals surface area contributed by atoms with Crippen molar-refractivity contribution in [2.45, 2.75) is 6.92 Å². The molecular formula is C26H20Cl2N2O4S. The lowest BCUT2D eigenvalue weighted by Gasteiger charge is -2.14. The summed E-state index contributed by atoms with van der Waals surface area (Å²) in [5.41, 5.74) is 3.12. The van der Waals surface area contributed by atoms with Gasteiger partial charge in [0.25, 0.3) is 5.56 Å². The Kier molecular flexibility index (Phi) is 6.56. The molecule has 9 heteroatoms. The summed E-state index contributed by atoms with van der Waals surface area (Å²) in [4.78, 5) is 18.2. The first-order valence-electron chi connectivity index (χ1n) is 10.8. The molecule has 5 aromatic rings. The molecule has 0 N–H and O–H groups in total. The molecule has 3 aromatic carbocycles. The van der Waals surface area contributed by atoms with Crippen molar-refractivity contribution in [2.24, 2.45) is 0 Å². The third kappa shape index (κ3) is 4.67. The largest absolute Gasteiger partial charge is 0.493 e. The fourth-order valence-electron chi connectivity index (χ4n) is 3.74. The average Bonchev–Trinajstić information content (AvgIpc) is 3.35. The number of fused-ring (bicyclic) bond motifs is 3. The Morgan fingerprint density at radius 1 is 1.03 bits per heavy atom. The fraction of sp³-hybridized carbons (Fsp3) is 0.154. The second-order valence-corrected chi connectivity index (χ2v) is 9.60. The molecular weight excluding hydrogens is 507 g/mol. The highest BCUT2D eigenvalue weighted by Crippen LogP contribution is 2.36. The van der Waals surface area contributed by atoms with Crippen LogP contribution in [0.1, 0.15) is 11.1 Å². The number of thiazole rings is 1. The molecule has 0 atom stereocenters. The predicted molar refractivity (Wildman–Crippen MR) is 141 cm³/mol. The van der Waals surface area contributed by atoms with Crippen LogP contribution in [0.25, 0.3) is 22.1 Å². The van der Waals surface area contributed by atoms with E-state index in [1.807, 2.05) is 43.3 Å². The maximum absolute atomic E-state index is 13.0. The van der Waals surface area contributed by atoms with E-state index in [0.29, 0.717) is 43.4 Å². The Morgan fingerprint density at radius 3 is 2.63 bits per heavy atom. The Hall–Kier alpha value is -3.26. The van der Waals surface area contributed by atoms with Crippen molar-refractivity contribution >= 4 is 56.6 Å². The second-order valence-electron chi connectivity index (χ2n) is 7.78. The standard InChI is InChI=1S/C26H20Cl2N2O4S/c1-15-11-17(7-8-18(15)27)33-9-10-34-24-19(28)12-16(13-22(24)32-2)14-23-25(31)30-21-6-4-3-5-20(21)29-26(30)35-23/h3-8,11-14H,9-10H2,1-2H3. The Labute approximate surface area is 214 Å². The van der Waals surface area contributed by atoms with Gasteiger partial charge in [-0.3, -0.25) is 4.79 Å².